The van der Waals surface area contributed by atoms with Gasteiger partial charge in [-0.05, 0) is 80.8 Å². The van der Waals surface area contributed by atoms with E-state index in [0.717, 1.165) is 16.0 Å². The molecule has 0 radical (unpaired) electrons. The number of hydrogen-bond donors (Lipinski definition) is 1. The van der Waals surface area contributed by atoms with Crippen LogP contribution in [0.25, 0.3) is 0 Å². The Bertz CT molecular complexity index is 1150. The van der Waals surface area contributed by atoms with Crippen molar-refractivity contribution in [3.05, 3.63) is 51.2 Å². The normalized spacial score (nSPS) is 15.0. The molecule has 0 saturated carbocycles. The van der Waals surface area contributed by atoms with E-state index < -0.39 is 29.4 Å². The number of carbonyl (C=O) groups excluding carboxylic acids is 2. The van der Waals surface area contributed by atoms with Gasteiger partial charge >= 0.3 is 17.8 Å². The van der Waals surface area contributed by atoms with Crippen LogP contribution < -0.4 is 4.74 Å². The fourth-order valence-corrected chi connectivity index (χ4v) is 4.86. The number of aliphatic carboxylic acids is 1. The van der Waals surface area contributed by atoms with Gasteiger partial charge in [-0.15, -0.1) is 11.3 Å². The highest BCUT2D eigenvalue weighted by atomic mass is 32.1. The van der Waals surface area contributed by atoms with Gasteiger partial charge in [0.15, 0.2) is 6.04 Å². The first kappa shape index (κ1) is 26.3. The van der Waals surface area contributed by atoms with E-state index in [-0.39, 0.29) is 6.54 Å². The van der Waals surface area contributed by atoms with Gasteiger partial charge in [-0.3, -0.25) is 9.59 Å². The Morgan fingerprint density at radius 3 is 2.63 bits per heavy atom. The highest BCUT2D eigenvalue weighted by molar-refractivity contribution is 7.10. The molecule has 1 aromatic heterocycles. The lowest BCUT2D eigenvalue weighted by Gasteiger charge is -2.39. The van der Waals surface area contributed by atoms with Crippen LogP contribution in [0.15, 0.2) is 29.6 Å². The zero-order valence-corrected chi connectivity index (χ0v) is 21.7. The summed E-state index contributed by atoms with van der Waals surface area (Å²) in [4.78, 5) is 42.7. The van der Waals surface area contributed by atoms with Gasteiger partial charge in [0.25, 0.3) is 0 Å². The number of fused-ring (bicyclic) bond motifs is 1. The highest BCUT2D eigenvalue weighted by Crippen LogP contribution is 2.35. The number of carboxylic acid groups (broad SMARTS) is 1. The molecule has 1 unspecified atom stereocenters. The van der Waals surface area contributed by atoms with E-state index in [9.17, 15) is 19.5 Å². The minimum absolute atomic E-state index is 0.144. The third kappa shape index (κ3) is 6.04. The number of hydrogen-bond acceptors (Lipinski definition) is 5. The molecule has 1 aliphatic rings. The van der Waals surface area contributed by atoms with Crippen molar-refractivity contribution in [2.45, 2.75) is 58.5 Å². The predicted molar refractivity (Wildman–Crippen MR) is 135 cm³/mol. The van der Waals surface area contributed by atoms with Gasteiger partial charge in [0.05, 0.1) is 12.0 Å². The lowest BCUT2D eigenvalue weighted by atomic mass is 9.90. The summed E-state index contributed by atoms with van der Waals surface area (Å²) in [6, 6.07) is 6.24. The molecule has 1 aromatic carbocycles. The Morgan fingerprint density at radius 2 is 2.03 bits per heavy atom. The first-order valence-electron chi connectivity index (χ1n) is 11.6. The maximum atomic E-state index is 13.4. The first-order chi connectivity index (χ1) is 16.5. The van der Waals surface area contributed by atoms with E-state index in [1.807, 2.05) is 51.3 Å². The average molecular weight is 497 g/mol. The number of methoxy groups -OCH3 is 1. The molecule has 35 heavy (non-hydrogen) atoms. The third-order valence-corrected chi connectivity index (χ3v) is 6.82. The number of carboxylic acids is 1. The molecule has 7 nitrogen and oxygen atoms in total. The number of amides is 2. The molecule has 2 aromatic rings. The fourth-order valence-electron chi connectivity index (χ4n) is 4.27. The molecule has 0 fully saturated rings. The molecule has 2 amide bonds. The van der Waals surface area contributed by atoms with E-state index >= 15 is 0 Å². The second-order valence-corrected chi connectivity index (χ2v) is 10.5. The quantitative estimate of drug-likeness (QED) is 0.384. The maximum Gasteiger partial charge on any atom is 0.331 e. The Morgan fingerprint density at radius 1 is 1.29 bits per heavy atom. The molecule has 2 heterocycles. The number of aryl methyl sites for hydroxylation is 1. The molecule has 186 valence electrons. The topological polar surface area (TPSA) is 87.1 Å². The van der Waals surface area contributed by atoms with E-state index in [0.29, 0.717) is 37.1 Å². The molecule has 0 saturated heterocycles. The largest absolute Gasteiger partial charge is 0.496 e. The first-order valence-corrected chi connectivity index (χ1v) is 12.5. The molecule has 8 heteroatoms. The molecule has 0 aliphatic carbocycles. The van der Waals surface area contributed by atoms with Gasteiger partial charge in [0.2, 0.25) is 0 Å². The Balaban J connectivity index is 1.78. The van der Waals surface area contributed by atoms with Gasteiger partial charge in [-0.25, -0.2) is 4.79 Å². The van der Waals surface area contributed by atoms with Gasteiger partial charge in [-0.1, -0.05) is 17.9 Å². The summed E-state index contributed by atoms with van der Waals surface area (Å²) in [5.74, 6) is 4.23. The van der Waals surface area contributed by atoms with Crippen molar-refractivity contribution in [1.29, 1.82) is 0 Å². The Hall–Kier alpha value is -3.31. The second kappa shape index (κ2) is 11.0. The second-order valence-electron chi connectivity index (χ2n) is 9.52. The summed E-state index contributed by atoms with van der Waals surface area (Å²) in [5.41, 5.74) is 1.51. The van der Waals surface area contributed by atoms with E-state index in [4.69, 9.17) is 4.74 Å². The molecule has 1 N–H and O–H groups in total. The van der Waals surface area contributed by atoms with Crippen molar-refractivity contribution in [1.82, 2.24) is 9.80 Å². The van der Waals surface area contributed by atoms with Crippen molar-refractivity contribution in [2.75, 3.05) is 20.2 Å². The Kier molecular flexibility index (Phi) is 8.23. The minimum Gasteiger partial charge on any atom is -0.496 e. The van der Waals surface area contributed by atoms with Crippen molar-refractivity contribution in [3.8, 4) is 17.6 Å². The maximum absolute atomic E-state index is 13.4. The molecule has 1 aliphatic heterocycles. The monoisotopic (exact) mass is 496 g/mol. The number of carbonyl (C=O) groups is 3. The standard InChI is InChI=1S/C27H32N2O5S/c1-18-16-21-19(17-22(18)34-5)12-14-28(23(21)26(32)33)24(30)25(31)29(27(2,3)4)13-8-6-7-10-20-11-9-15-35-20/h9,11,15-17,23H,6,8,12-14H2,1-5H3,(H,32,33). The van der Waals surface area contributed by atoms with Gasteiger partial charge < -0.3 is 19.6 Å². The zero-order valence-electron chi connectivity index (χ0n) is 20.9. The van der Waals surface area contributed by atoms with Crippen LogP contribution in [0.3, 0.4) is 0 Å². The molecular formula is C27H32N2O5S. The summed E-state index contributed by atoms with van der Waals surface area (Å²) in [6.07, 6.45) is 1.64. The molecular weight excluding hydrogens is 464 g/mol. The van der Waals surface area contributed by atoms with Crippen molar-refractivity contribution in [3.63, 3.8) is 0 Å². The SMILES string of the molecule is COc1cc2c(cc1C)C(C(=O)O)N(C(=O)C(=O)N(CCCC#Cc1cccs1)C(C)(C)C)CC2. The minimum atomic E-state index is -1.22. The molecule has 0 spiro atoms. The van der Waals surface area contributed by atoms with Crippen LogP contribution in [0.5, 0.6) is 5.75 Å². The number of nitrogens with zero attached hydrogens (tertiary/aromatic N) is 2. The van der Waals surface area contributed by atoms with Crippen LogP contribution in [-0.4, -0.2) is 58.4 Å². The van der Waals surface area contributed by atoms with Gasteiger partial charge in [0.1, 0.15) is 5.75 Å². The summed E-state index contributed by atoms with van der Waals surface area (Å²) in [7, 11) is 1.57. The van der Waals surface area contributed by atoms with Gasteiger partial charge in [-0.2, -0.15) is 0 Å². The van der Waals surface area contributed by atoms with E-state index in [1.165, 1.54) is 9.80 Å². The zero-order chi connectivity index (χ0) is 25.8. The van der Waals surface area contributed by atoms with Crippen LogP contribution >= 0.6 is 11.3 Å². The van der Waals surface area contributed by atoms with Crippen LogP contribution in [0, 0.1) is 18.8 Å². The van der Waals surface area contributed by atoms with Gasteiger partial charge in [0, 0.05) is 25.0 Å². The number of benzene rings is 1. The highest BCUT2D eigenvalue weighted by Gasteiger charge is 2.41. The molecule has 0 bridgehead atoms. The van der Waals surface area contributed by atoms with E-state index in [2.05, 4.69) is 11.8 Å². The molecule has 3 rings (SSSR count). The molecule has 1 atom stereocenters. The fraction of sp³-hybridized carbons (Fsp3) is 0.444. The lowest BCUT2D eigenvalue weighted by molar-refractivity contribution is -0.160. The summed E-state index contributed by atoms with van der Waals surface area (Å²) < 4.78 is 5.37. The van der Waals surface area contributed by atoms with Crippen LogP contribution in [0.1, 0.15) is 61.2 Å². The summed E-state index contributed by atoms with van der Waals surface area (Å²) in [6.45, 7) is 7.92. The number of unbranched alkanes of at least 4 members (excludes halogenated alkanes) is 1. The summed E-state index contributed by atoms with van der Waals surface area (Å²) in [5, 5.41) is 12.0. The lowest BCUT2D eigenvalue weighted by Crippen LogP contribution is -2.55. The number of rotatable bonds is 5. The van der Waals surface area contributed by atoms with Crippen molar-refractivity contribution >= 4 is 29.1 Å². The van der Waals surface area contributed by atoms with E-state index in [1.54, 1.807) is 24.5 Å². The average Bonchev–Trinajstić information content (AvgIpc) is 3.31. The predicted octanol–water partition coefficient (Wildman–Crippen LogP) is 4.03. The summed E-state index contributed by atoms with van der Waals surface area (Å²) >= 11 is 1.57. The van der Waals surface area contributed by atoms with Crippen LogP contribution in [-0.2, 0) is 20.8 Å². The Labute approximate surface area is 210 Å². The van der Waals surface area contributed by atoms with Crippen LogP contribution in [0.2, 0.25) is 0 Å². The van der Waals surface area contributed by atoms with Crippen LogP contribution in [0.4, 0.5) is 0 Å². The smallest absolute Gasteiger partial charge is 0.331 e. The number of thiophene rings is 1. The number of ether oxygens (including phenoxy) is 1. The van der Waals surface area contributed by atoms with Crippen molar-refractivity contribution < 1.29 is 24.2 Å². The van der Waals surface area contributed by atoms with Crippen molar-refractivity contribution in [2.24, 2.45) is 0 Å². The third-order valence-electron chi connectivity index (χ3n) is 6.03.